The molecule has 2 aliphatic rings. The van der Waals surface area contributed by atoms with E-state index in [1.807, 2.05) is 0 Å². The lowest BCUT2D eigenvalue weighted by atomic mass is 9.93. The van der Waals surface area contributed by atoms with Crippen LogP contribution in [0.2, 0.25) is 0 Å². The molecule has 2 amide bonds. The van der Waals surface area contributed by atoms with Crippen molar-refractivity contribution in [3.8, 4) is 0 Å². The second kappa shape index (κ2) is 6.77. The summed E-state index contributed by atoms with van der Waals surface area (Å²) in [6.45, 7) is 0.553. The zero-order valence-electron chi connectivity index (χ0n) is 15.2. The topological polar surface area (TPSA) is 79.3 Å². The Labute approximate surface area is 158 Å². The van der Waals surface area contributed by atoms with Crippen molar-refractivity contribution in [2.75, 3.05) is 24.5 Å². The van der Waals surface area contributed by atoms with Gasteiger partial charge in [-0.05, 0) is 24.6 Å². The number of hydrogen-bond acceptors (Lipinski definition) is 5. The van der Waals surface area contributed by atoms with Gasteiger partial charge >= 0.3 is 6.18 Å². The zero-order valence-corrected chi connectivity index (χ0v) is 15.2. The molecule has 150 valence electrons. The Bertz CT molecular complexity index is 939. The third-order valence-electron chi connectivity index (χ3n) is 5.37. The van der Waals surface area contributed by atoms with Gasteiger partial charge in [0, 0.05) is 44.2 Å². The molecule has 3 heterocycles. The third kappa shape index (κ3) is 3.32. The van der Waals surface area contributed by atoms with Gasteiger partial charge < -0.3 is 10.2 Å². The van der Waals surface area contributed by atoms with Crippen LogP contribution >= 0.6 is 0 Å². The molecule has 0 spiro atoms. The Hall–Kier alpha value is -2.62. The summed E-state index contributed by atoms with van der Waals surface area (Å²) in [5.74, 6) is -1.17. The summed E-state index contributed by atoms with van der Waals surface area (Å²) in [6.07, 6.45) is -3.65. The van der Waals surface area contributed by atoms with E-state index in [-0.39, 0.29) is 31.3 Å². The number of halogens is 3. The standard InChI is InChI=1S/C18H20F3N5O2/c1-25-13-8-10(26-7-6-22-14(9-26)18(19,20)21)2-3-11(13)16(24-25)12-4-5-15(27)23-17(12)28/h2-3,8,12,14,22H,4-7,9H2,1H3,(H,23,27,28). The number of nitrogens with one attached hydrogen (secondary N) is 2. The molecule has 0 bridgehead atoms. The molecule has 10 heteroatoms. The van der Waals surface area contributed by atoms with Crippen LogP contribution in [-0.4, -0.2) is 53.4 Å². The van der Waals surface area contributed by atoms with Gasteiger partial charge in [-0.1, -0.05) is 0 Å². The van der Waals surface area contributed by atoms with Crippen LogP contribution in [-0.2, 0) is 16.6 Å². The van der Waals surface area contributed by atoms with Crippen LogP contribution in [0, 0.1) is 0 Å². The summed E-state index contributed by atoms with van der Waals surface area (Å²) in [6, 6.07) is 3.79. The molecular weight excluding hydrogens is 375 g/mol. The number of anilines is 1. The maximum absolute atomic E-state index is 13.1. The molecule has 2 aromatic rings. The minimum atomic E-state index is -4.30. The number of imide groups is 1. The van der Waals surface area contributed by atoms with Gasteiger partial charge in [-0.3, -0.25) is 19.6 Å². The summed E-state index contributed by atoms with van der Waals surface area (Å²) in [5, 5.41) is 10.1. The highest BCUT2D eigenvalue weighted by Gasteiger charge is 2.42. The third-order valence-corrected chi connectivity index (χ3v) is 5.37. The van der Waals surface area contributed by atoms with Crippen molar-refractivity contribution in [1.82, 2.24) is 20.4 Å². The molecular formula is C18H20F3N5O2. The zero-order chi connectivity index (χ0) is 20.1. The van der Waals surface area contributed by atoms with Gasteiger partial charge in [-0.2, -0.15) is 18.3 Å². The number of aryl methyl sites for hydroxylation is 1. The lowest BCUT2D eigenvalue weighted by Gasteiger charge is -2.36. The summed E-state index contributed by atoms with van der Waals surface area (Å²) in [5.41, 5.74) is 2.00. The molecule has 0 aliphatic carbocycles. The monoisotopic (exact) mass is 395 g/mol. The van der Waals surface area contributed by atoms with Gasteiger partial charge in [0.15, 0.2) is 0 Å². The van der Waals surface area contributed by atoms with Crippen molar-refractivity contribution in [1.29, 1.82) is 0 Å². The predicted molar refractivity (Wildman–Crippen MR) is 95.9 cm³/mol. The Kier molecular flexibility index (Phi) is 4.53. The molecule has 2 fully saturated rings. The number of nitrogens with zero attached hydrogens (tertiary/aromatic N) is 3. The predicted octanol–water partition coefficient (Wildman–Crippen LogP) is 1.43. The molecule has 4 rings (SSSR count). The van der Waals surface area contributed by atoms with Gasteiger partial charge in [0.2, 0.25) is 11.8 Å². The molecule has 7 nitrogen and oxygen atoms in total. The van der Waals surface area contributed by atoms with Gasteiger partial charge in [-0.25, -0.2) is 0 Å². The maximum Gasteiger partial charge on any atom is 0.405 e. The van der Waals surface area contributed by atoms with Gasteiger partial charge in [-0.15, -0.1) is 0 Å². The first-order valence-corrected chi connectivity index (χ1v) is 9.09. The fraction of sp³-hybridized carbons (Fsp3) is 0.500. The van der Waals surface area contributed by atoms with Gasteiger partial charge in [0.05, 0.1) is 17.1 Å². The second-order valence-corrected chi connectivity index (χ2v) is 7.21. The number of carbonyl (C=O) groups excluding carboxylic acids is 2. The molecule has 0 saturated carbocycles. The number of hydrogen-bond donors (Lipinski definition) is 2. The van der Waals surface area contributed by atoms with Crippen LogP contribution in [0.25, 0.3) is 10.9 Å². The maximum atomic E-state index is 13.1. The second-order valence-electron chi connectivity index (χ2n) is 7.21. The van der Waals surface area contributed by atoms with E-state index in [9.17, 15) is 22.8 Å². The molecule has 2 aliphatic heterocycles. The lowest BCUT2D eigenvalue weighted by Crippen LogP contribution is -2.57. The first kappa shape index (κ1) is 18.7. The number of aromatic nitrogens is 2. The highest BCUT2D eigenvalue weighted by molar-refractivity contribution is 6.02. The molecule has 1 aromatic carbocycles. The number of benzene rings is 1. The van der Waals surface area contributed by atoms with E-state index < -0.39 is 18.1 Å². The number of carbonyl (C=O) groups is 2. The Balaban J connectivity index is 1.64. The Morgan fingerprint density at radius 3 is 2.75 bits per heavy atom. The van der Waals surface area contributed by atoms with Crippen molar-refractivity contribution in [2.24, 2.45) is 7.05 Å². The lowest BCUT2D eigenvalue weighted by molar-refractivity contribution is -0.155. The van der Waals surface area contributed by atoms with Crippen LogP contribution < -0.4 is 15.5 Å². The van der Waals surface area contributed by atoms with E-state index in [1.54, 1.807) is 34.8 Å². The minimum absolute atomic E-state index is 0.160. The van der Waals surface area contributed by atoms with Crippen LogP contribution in [0.4, 0.5) is 18.9 Å². The molecule has 28 heavy (non-hydrogen) atoms. The number of fused-ring (bicyclic) bond motifs is 1. The van der Waals surface area contributed by atoms with Crippen LogP contribution in [0.15, 0.2) is 18.2 Å². The summed E-state index contributed by atoms with van der Waals surface area (Å²) in [7, 11) is 1.73. The van der Waals surface area contributed by atoms with E-state index in [2.05, 4.69) is 15.7 Å². The fourth-order valence-corrected chi connectivity index (χ4v) is 3.89. The number of amides is 2. The molecule has 2 saturated heterocycles. The van der Waals surface area contributed by atoms with E-state index in [4.69, 9.17) is 0 Å². The molecule has 2 N–H and O–H groups in total. The summed E-state index contributed by atoms with van der Waals surface area (Å²) in [4.78, 5) is 25.3. The number of rotatable bonds is 2. The van der Waals surface area contributed by atoms with Crippen molar-refractivity contribution >= 4 is 28.4 Å². The van der Waals surface area contributed by atoms with Gasteiger partial charge in [0.25, 0.3) is 0 Å². The number of alkyl halides is 3. The Morgan fingerprint density at radius 2 is 2.04 bits per heavy atom. The van der Waals surface area contributed by atoms with Crippen molar-refractivity contribution in [3.63, 3.8) is 0 Å². The SMILES string of the molecule is Cn1nc(C2CCC(=O)NC2=O)c2ccc(N3CCNC(C(F)(F)F)C3)cc21. The normalized spacial score (nSPS) is 23.9. The number of piperidine rings is 1. The van der Waals surface area contributed by atoms with E-state index in [0.29, 0.717) is 24.3 Å². The molecule has 2 unspecified atom stereocenters. The smallest absolute Gasteiger partial charge is 0.368 e. The van der Waals surface area contributed by atoms with Gasteiger partial charge in [0.1, 0.15) is 6.04 Å². The van der Waals surface area contributed by atoms with E-state index >= 15 is 0 Å². The number of piperazine rings is 1. The first-order chi connectivity index (χ1) is 13.2. The van der Waals surface area contributed by atoms with Crippen LogP contribution in [0.3, 0.4) is 0 Å². The van der Waals surface area contributed by atoms with Crippen molar-refractivity contribution < 1.29 is 22.8 Å². The molecule has 0 radical (unpaired) electrons. The van der Waals surface area contributed by atoms with Crippen molar-refractivity contribution in [3.05, 3.63) is 23.9 Å². The van der Waals surface area contributed by atoms with E-state index in [0.717, 1.165) is 10.9 Å². The summed E-state index contributed by atoms with van der Waals surface area (Å²) < 4.78 is 40.8. The minimum Gasteiger partial charge on any atom is -0.368 e. The Morgan fingerprint density at radius 1 is 1.25 bits per heavy atom. The first-order valence-electron chi connectivity index (χ1n) is 9.09. The van der Waals surface area contributed by atoms with E-state index in [1.165, 1.54) is 0 Å². The average molecular weight is 395 g/mol. The van der Waals surface area contributed by atoms with Crippen LogP contribution in [0.5, 0.6) is 0 Å². The molecule has 1 aromatic heterocycles. The fourth-order valence-electron chi connectivity index (χ4n) is 3.89. The largest absolute Gasteiger partial charge is 0.405 e. The van der Waals surface area contributed by atoms with Crippen LogP contribution in [0.1, 0.15) is 24.5 Å². The van der Waals surface area contributed by atoms with Crippen molar-refractivity contribution in [2.45, 2.75) is 31.0 Å². The summed E-state index contributed by atoms with van der Waals surface area (Å²) >= 11 is 0. The molecule has 2 atom stereocenters. The highest BCUT2D eigenvalue weighted by atomic mass is 19.4. The highest BCUT2D eigenvalue weighted by Crippen LogP contribution is 2.33. The quantitative estimate of drug-likeness (QED) is 0.753. The average Bonchev–Trinajstić information content (AvgIpc) is 2.97.